The van der Waals surface area contributed by atoms with Gasteiger partial charge in [0.2, 0.25) is 10.3 Å². The molecule has 7 atom stereocenters. The summed E-state index contributed by atoms with van der Waals surface area (Å²) >= 11 is 6.01. The standard InChI is InChI=1S/C23H23NO9S2/c1-3-33-22(34)35-11-5-4-8-7(2)9-6-10-15(25)18(28)14(21(24)31)20(30)23(10,32)19(29)13(9)17(27)12(8)16(11)26/h4-5,7,9-10,13-15,25-26,32H,3,6H2,1-2H3,(H2,24,31)/t7-,9+,10-,13?,14?,15+,23-/m0/s1. The van der Waals surface area contributed by atoms with Gasteiger partial charge < -0.3 is 25.8 Å². The number of carbonyl (C=O) groups is 5. The number of aliphatic hydroxyl groups excluding tert-OH is 1. The number of Topliss-reactive ketones (excluding diaryl/α,β-unsaturated/α-hetero) is 4. The van der Waals surface area contributed by atoms with E-state index in [-0.39, 0.29) is 21.3 Å². The zero-order valence-corrected chi connectivity index (χ0v) is 20.4. The Bertz CT molecular complexity index is 1200. The van der Waals surface area contributed by atoms with E-state index < -0.39 is 76.1 Å². The molecule has 12 heteroatoms. The van der Waals surface area contributed by atoms with Gasteiger partial charge >= 0.3 is 0 Å². The van der Waals surface area contributed by atoms with E-state index in [0.717, 1.165) is 11.8 Å². The maximum absolute atomic E-state index is 13.6. The highest BCUT2D eigenvalue weighted by molar-refractivity contribution is 8.22. The SMILES string of the molecule is CCOC(=S)Sc1ccc2c(c1O)C(=O)C1C(=O)[C@]3(O)C(=O)C(C(N)=O)C(=O)[C@H](O)[C@@H]3C[C@@H]1[C@H]2C. The molecule has 0 aliphatic heterocycles. The summed E-state index contributed by atoms with van der Waals surface area (Å²) in [6.45, 7) is 3.75. The van der Waals surface area contributed by atoms with E-state index in [2.05, 4.69) is 0 Å². The van der Waals surface area contributed by atoms with Crippen LogP contribution in [0.3, 0.4) is 0 Å². The van der Waals surface area contributed by atoms with Crippen molar-refractivity contribution >= 4 is 57.4 Å². The summed E-state index contributed by atoms with van der Waals surface area (Å²) < 4.78 is 5.33. The molecule has 2 saturated carbocycles. The van der Waals surface area contributed by atoms with Crippen LogP contribution in [0, 0.1) is 23.7 Å². The fourth-order valence-electron chi connectivity index (χ4n) is 5.60. The van der Waals surface area contributed by atoms with Crippen molar-refractivity contribution in [1.29, 1.82) is 0 Å². The van der Waals surface area contributed by atoms with Crippen LogP contribution in [0.1, 0.15) is 42.1 Å². The second-order valence-electron chi connectivity index (χ2n) is 8.98. The first-order valence-corrected chi connectivity index (χ1v) is 12.2. The first kappa shape index (κ1) is 25.4. The van der Waals surface area contributed by atoms with Gasteiger partial charge in [-0.2, -0.15) is 0 Å². The van der Waals surface area contributed by atoms with Gasteiger partial charge in [0.1, 0.15) is 11.9 Å². The zero-order chi connectivity index (χ0) is 26.0. The summed E-state index contributed by atoms with van der Waals surface area (Å²) in [7, 11) is 0. The number of benzene rings is 1. The number of ketones is 4. The Kier molecular flexibility index (Phi) is 6.37. The molecule has 1 aromatic carbocycles. The molecule has 10 nitrogen and oxygen atoms in total. The van der Waals surface area contributed by atoms with Crippen molar-refractivity contribution < 1.29 is 44.0 Å². The smallest absolute Gasteiger partial charge is 0.235 e. The minimum atomic E-state index is -2.94. The maximum atomic E-state index is 13.6. The van der Waals surface area contributed by atoms with E-state index in [1.807, 2.05) is 0 Å². The Balaban J connectivity index is 1.81. The van der Waals surface area contributed by atoms with Crippen molar-refractivity contribution in [2.45, 2.75) is 42.8 Å². The number of amides is 1. The molecule has 1 amide bonds. The van der Waals surface area contributed by atoms with Crippen LogP contribution >= 0.6 is 24.0 Å². The van der Waals surface area contributed by atoms with E-state index in [0.29, 0.717) is 12.2 Å². The van der Waals surface area contributed by atoms with Gasteiger partial charge in [0.05, 0.1) is 23.0 Å². The van der Waals surface area contributed by atoms with Crippen LogP contribution in [-0.4, -0.2) is 67.1 Å². The summed E-state index contributed by atoms with van der Waals surface area (Å²) in [6.07, 6.45) is -2.20. The number of thiocarbonyl (C=S) groups is 1. The summed E-state index contributed by atoms with van der Waals surface area (Å²) in [5, 5.41) is 32.7. The average molecular weight is 522 g/mol. The molecule has 0 bridgehead atoms. The molecule has 35 heavy (non-hydrogen) atoms. The van der Waals surface area contributed by atoms with Crippen molar-refractivity contribution in [3.8, 4) is 5.75 Å². The van der Waals surface area contributed by atoms with Gasteiger partial charge in [0.25, 0.3) is 0 Å². The highest BCUT2D eigenvalue weighted by Crippen LogP contribution is 2.54. The quantitative estimate of drug-likeness (QED) is 0.243. The molecule has 3 aliphatic rings. The third-order valence-electron chi connectivity index (χ3n) is 7.32. The highest BCUT2D eigenvalue weighted by atomic mass is 32.2. The van der Waals surface area contributed by atoms with Crippen molar-refractivity contribution in [2.24, 2.45) is 29.4 Å². The van der Waals surface area contributed by atoms with Crippen molar-refractivity contribution in [1.82, 2.24) is 0 Å². The van der Waals surface area contributed by atoms with E-state index in [4.69, 9.17) is 22.7 Å². The Labute approximate surface area is 209 Å². The van der Waals surface area contributed by atoms with Gasteiger partial charge in [0, 0.05) is 5.92 Å². The van der Waals surface area contributed by atoms with Gasteiger partial charge in [-0.1, -0.05) is 13.0 Å². The van der Waals surface area contributed by atoms with Crippen LogP contribution in [0.15, 0.2) is 17.0 Å². The van der Waals surface area contributed by atoms with Gasteiger partial charge in [-0.3, -0.25) is 24.0 Å². The van der Waals surface area contributed by atoms with E-state index in [1.165, 1.54) is 0 Å². The van der Waals surface area contributed by atoms with Crippen molar-refractivity contribution in [3.05, 3.63) is 23.3 Å². The fraction of sp³-hybridized carbons (Fsp3) is 0.478. The van der Waals surface area contributed by atoms with Crippen LogP contribution in [0.25, 0.3) is 0 Å². The lowest BCUT2D eigenvalue weighted by atomic mass is 9.51. The van der Waals surface area contributed by atoms with E-state index in [9.17, 15) is 39.3 Å². The van der Waals surface area contributed by atoms with Gasteiger partial charge in [-0.05, 0) is 60.8 Å². The normalized spacial score (nSPS) is 34.1. The second-order valence-corrected chi connectivity index (χ2v) is 10.6. The molecule has 0 aromatic heterocycles. The molecule has 0 radical (unpaired) electrons. The number of fused-ring (bicyclic) bond motifs is 3. The molecule has 5 N–H and O–H groups in total. The molecule has 4 rings (SSSR count). The third-order valence-corrected chi connectivity index (χ3v) is 8.52. The lowest BCUT2D eigenvalue weighted by Crippen LogP contribution is -2.72. The number of primary amides is 1. The van der Waals surface area contributed by atoms with Crippen LogP contribution < -0.4 is 5.73 Å². The first-order valence-electron chi connectivity index (χ1n) is 10.9. The van der Waals surface area contributed by atoms with E-state index in [1.54, 1.807) is 26.0 Å². The number of phenolic OH excluding ortho intramolecular Hbond substituents is 1. The number of hydrogen-bond acceptors (Lipinski definition) is 11. The first-order chi connectivity index (χ1) is 16.4. The van der Waals surface area contributed by atoms with Gasteiger partial charge in [-0.15, -0.1) is 0 Å². The molecule has 0 heterocycles. The van der Waals surface area contributed by atoms with Gasteiger partial charge in [-0.25, -0.2) is 0 Å². The molecule has 1 aromatic rings. The number of aliphatic hydroxyl groups is 2. The fourth-order valence-corrected chi connectivity index (χ4v) is 6.68. The Morgan fingerprint density at radius 3 is 2.51 bits per heavy atom. The predicted octanol–water partition coefficient (Wildman–Crippen LogP) is 0.272. The average Bonchev–Trinajstić information content (AvgIpc) is 2.79. The molecular formula is C23H23NO9S2. The number of phenols is 1. The molecule has 186 valence electrons. The lowest BCUT2D eigenvalue weighted by Gasteiger charge is -2.51. The van der Waals surface area contributed by atoms with Crippen LogP contribution in [0.5, 0.6) is 5.75 Å². The Hall–Kier alpha value is -2.67. The highest BCUT2D eigenvalue weighted by Gasteiger charge is 2.69. The molecule has 0 spiro atoms. The second kappa shape index (κ2) is 8.77. The minimum absolute atomic E-state index is 0.117. The Morgan fingerprint density at radius 2 is 1.91 bits per heavy atom. The minimum Gasteiger partial charge on any atom is -0.506 e. The zero-order valence-electron chi connectivity index (χ0n) is 18.7. The monoisotopic (exact) mass is 521 g/mol. The number of thioether (sulfide) groups is 1. The summed E-state index contributed by atoms with van der Waals surface area (Å²) in [6, 6.07) is 3.18. The molecule has 2 unspecified atom stereocenters. The summed E-state index contributed by atoms with van der Waals surface area (Å²) in [5.74, 6) is -13.0. The molecule has 3 aliphatic carbocycles. The number of ether oxygens (including phenoxy) is 1. The number of carbonyl (C=O) groups excluding carboxylic acids is 5. The van der Waals surface area contributed by atoms with Crippen molar-refractivity contribution in [2.75, 3.05) is 6.61 Å². The molecule has 2 fully saturated rings. The molecular weight excluding hydrogens is 498 g/mol. The van der Waals surface area contributed by atoms with Crippen LogP contribution in [0.4, 0.5) is 0 Å². The van der Waals surface area contributed by atoms with Crippen molar-refractivity contribution in [3.63, 3.8) is 0 Å². The topological polar surface area (TPSA) is 181 Å². The number of aromatic hydroxyl groups is 1. The van der Waals surface area contributed by atoms with E-state index >= 15 is 0 Å². The maximum Gasteiger partial charge on any atom is 0.235 e. The lowest BCUT2D eigenvalue weighted by molar-refractivity contribution is -0.186. The number of rotatable bonds is 3. The third kappa shape index (κ3) is 3.53. The van der Waals surface area contributed by atoms with Crippen LogP contribution in [-0.2, 0) is 23.9 Å². The summed E-state index contributed by atoms with van der Waals surface area (Å²) in [5.41, 5.74) is 2.50. The number of hydrogen-bond donors (Lipinski definition) is 4. The number of nitrogens with two attached hydrogens (primary N) is 1. The molecule has 0 saturated heterocycles. The Morgan fingerprint density at radius 1 is 1.26 bits per heavy atom. The van der Waals surface area contributed by atoms with Crippen LogP contribution in [0.2, 0.25) is 0 Å². The summed E-state index contributed by atoms with van der Waals surface area (Å²) in [4.78, 5) is 64.6. The predicted molar refractivity (Wildman–Crippen MR) is 125 cm³/mol. The largest absolute Gasteiger partial charge is 0.506 e. The van der Waals surface area contributed by atoms with Gasteiger partial charge in [0.15, 0.2) is 34.7 Å².